The third kappa shape index (κ3) is 4.33. The van der Waals surface area contributed by atoms with Crippen molar-refractivity contribution >= 4 is 54.1 Å². The lowest BCUT2D eigenvalue weighted by Crippen LogP contribution is -2.43. The van der Waals surface area contributed by atoms with E-state index in [1.807, 2.05) is 49.4 Å². The van der Waals surface area contributed by atoms with Gasteiger partial charge in [-0.15, -0.1) is 11.3 Å². The predicted molar refractivity (Wildman–Crippen MR) is 129 cm³/mol. The summed E-state index contributed by atoms with van der Waals surface area (Å²) < 4.78 is 13.2. The molecule has 4 aromatic rings. The Bertz CT molecular complexity index is 1200. The van der Waals surface area contributed by atoms with Crippen LogP contribution in [0, 0.1) is 0 Å². The summed E-state index contributed by atoms with van der Waals surface area (Å²) in [7, 11) is 0. The second kappa shape index (κ2) is 9.50. The van der Waals surface area contributed by atoms with Crippen LogP contribution >= 0.6 is 22.7 Å². The molecule has 32 heavy (non-hydrogen) atoms. The van der Waals surface area contributed by atoms with Gasteiger partial charge in [-0.3, -0.25) is 14.6 Å². The van der Waals surface area contributed by atoms with Crippen LogP contribution in [0.4, 0.5) is 5.13 Å². The van der Waals surface area contributed by atoms with Crippen LogP contribution in [-0.4, -0.2) is 66.8 Å². The smallest absolute Gasteiger partial charge is 0.289 e. The molecule has 9 heteroatoms. The summed E-state index contributed by atoms with van der Waals surface area (Å²) in [5, 5.41) is 1.15. The zero-order valence-electron chi connectivity index (χ0n) is 17.8. The number of hydrogen-bond donors (Lipinski definition) is 0. The number of rotatable bonds is 7. The minimum Gasteiger partial charge on any atom is -0.492 e. The molecule has 1 fully saturated rings. The molecule has 0 atom stereocenters. The van der Waals surface area contributed by atoms with E-state index >= 15 is 0 Å². The molecule has 0 N–H and O–H groups in total. The van der Waals surface area contributed by atoms with Gasteiger partial charge in [0.15, 0.2) is 10.1 Å². The van der Waals surface area contributed by atoms with Crippen molar-refractivity contribution in [3.63, 3.8) is 0 Å². The molecule has 7 nitrogen and oxygen atoms in total. The summed E-state index contributed by atoms with van der Waals surface area (Å²) in [5.74, 6) is 0.629. The van der Waals surface area contributed by atoms with Gasteiger partial charge >= 0.3 is 0 Å². The van der Waals surface area contributed by atoms with Crippen molar-refractivity contribution in [1.29, 1.82) is 0 Å². The van der Waals surface area contributed by atoms with E-state index in [9.17, 15) is 4.79 Å². The third-order valence-electron chi connectivity index (χ3n) is 5.37. The van der Waals surface area contributed by atoms with Crippen molar-refractivity contribution in [2.75, 3.05) is 50.9 Å². The molecular weight excluding hydrogens is 444 g/mol. The fraction of sp³-hybridized carbons (Fsp3) is 0.348. The highest BCUT2D eigenvalue weighted by Crippen LogP contribution is 2.35. The Morgan fingerprint density at radius 2 is 1.91 bits per heavy atom. The quantitative estimate of drug-likeness (QED) is 0.403. The molecule has 0 aliphatic carbocycles. The summed E-state index contributed by atoms with van der Waals surface area (Å²) in [6.07, 6.45) is 0. The van der Waals surface area contributed by atoms with Gasteiger partial charge in [-0.05, 0) is 31.2 Å². The number of benzene rings is 2. The molecule has 2 aromatic heterocycles. The van der Waals surface area contributed by atoms with Crippen LogP contribution in [0.15, 0.2) is 42.5 Å². The predicted octanol–water partition coefficient (Wildman–Crippen LogP) is 4.28. The highest BCUT2D eigenvalue weighted by Gasteiger charge is 2.26. The van der Waals surface area contributed by atoms with Gasteiger partial charge in [0.2, 0.25) is 0 Å². The Hall–Kier alpha value is -2.59. The Morgan fingerprint density at radius 3 is 2.72 bits per heavy atom. The maximum atomic E-state index is 13.6. The fourth-order valence-corrected chi connectivity index (χ4v) is 5.65. The number of fused-ring (bicyclic) bond motifs is 2. The number of para-hydroxylation sites is 2. The van der Waals surface area contributed by atoms with Gasteiger partial charge in [0.1, 0.15) is 11.3 Å². The number of thiazole rings is 2. The zero-order chi connectivity index (χ0) is 21.9. The first-order chi connectivity index (χ1) is 15.7. The van der Waals surface area contributed by atoms with Crippen LogP contribution in [0.3, 0.4) is 0 Å². The molecule has 1 amide bonds. The molecule has 1 aliphatic heterocycles. The van der Waals surface area contributed by atoms with Crippen LogP contribution in [0.5, 0.6) is 5.75 Å². The van der Waals surface area contributed by atoms with Crippen LogP contribution in [0.1, 0.15) is 16.7 Å². The molecule has 3 heterocycles. The van der Waals surface area contributed by atoms with E-state index in [0.717, 1.165) is 59.0 Å². The van der Waals surface area contributed by atoms with Crippen molar-refractivity contribution in [2.24, 2.45) is 0 Å². The number of ether oxygens (including phenoxy) is 2. The summed E-state index contributed by atoms with van der Waals surface area (Å²) in [6.45, 7) is 7.02. The van der Waals surface area contributed by atoms with Crippen molar-refractivity contribution in [3.8, 4) is 5.75 Å². The first-order valence-electron chi connectivity index (χ1n) is 10.7. The van der Waals surface area contributed by atoms with Crippen molar-refractivity contribution in [1.82, 2.24) is 14.9 Å². The number of amides is 1. The van der Waals surface area contributed by atoms with Crippen LogP contribution in [0.25, 0.3) is 20.4 Å². The minimum absolute atomic E-state index is 0.114. The molecular formula is C23H24N4O3S2. The molecule has 0 radical (unpaired) electrons. The summed E-state index contributed by atoms with van der Waals surface area (Å²) >= 11 is 2.93. The summed E-state index contributed by atoms with van der Waals surface area (Å²) in [5.41, 5.74) is 1.64. The van der Waals surface area contributed by atoms with E-state index < -0.39 is 0 Å². The first kappa shape index (κ1) is 21.3. The van der Waals surface area contributed by atoms with E-state index in [4.69, 9.17) is 14.5 Å². The number of aromatic nitrogens is 2. The van der Waals surface area contributed by atoms with Crippen LogP contribution in [0.2, 0.25) is 0 Å². The van der Waals surface area contributed by atoms with Crippen molar-refractivity contribution < 1.29 is 14.3 Å². The average molecular weight is 469 g/mol. The van der Waals surface area contributed by atoms with Crippen molar-refractivity contribution in [3.05, 3.63) is 47.5 Å². The maximum absolute atomic E-state index is 13.6. The molecule has 2 aromatic carbocycles. The number of anilines is 1. The average Bonchev–Trinajstić information content (AvgIpc) is 3.45. The summed E-state index contributed by atoms with van der Waals surface area (Å²) in [4.78, 5) is 27.2. The summed E-state index contributed by atoms with van der Waals surface area (Å²) in [6, 6.07) is 13.7. The number of carbonyl (C=O) groups is 1. The van der Waals surface area contributed by atoms with Crippen LogP contribution in [-0.2, 0) is 4.74 Å². The topological polar surface area (TPSA) is 67.8 Å². The Morgan fingerprint density at radius 1 is 1.09 bits per heavy atom. The van der Waals surface area contributed by atoms with Gasteiger partial charge in [-0.25, -0.2) is 9.97 Å². The second-order valence-corrected chi connectivity index (χ2v) is 9.47. The SMILES string of the molecule is CCOc1cccc2sc(N(CCN3CCOCC3)C(=O)c3nc4ccccc4s3)nc12. The van der Waals surface area contributed by atoms with E-state index in [-0.39, 0.29) is 5.91 Å². The molecule has 166 valence electrons. The number of carbonyl (C=O) groups excluding carboxylic acids is 1. The Labute approximate surface area is 194 Å². The monoisotopic (exact) mass is 468 g/mol. The minimum atomic E-state index is -0.114. The lowest BCUT2D eigenvalue weighted by Gasteiger charge is -2.28. The van der Waals surface area contributed by atoms with Gasteiger partial charge in [-0.2, -0.15) is 0 Å². The second-order valence-electron chi connectivity index (χ2n) is 7.43. The van der Waals surface area contributed by atoms with Gasteiger partial charge in [0, 0.05) is 26.2 Å². The largest absolute Gasteiger partial charge is 0.492 e. The third-order valence-corrected chi connectivity index (χ3v) is 7.43. The van der Waals surface area contributed by atoms with Gasteiger partial charge in [0.25, 0.3) is 5.91 Å². The Kier molecular flexibility index (Phi) is 6.31. The standard InChI is InChI=1S/C23H24N4O3S2/c1-2-30-17-7-5-9-19-20(17)25-23(32-19)27(11-10-26-12-14-29-15-13-26)22(28)21-24-16-6-3-4-8-18(16)31-21/h3-9H,2,10-15H2,1H3. The molecule has 0 unspecified atom stereocenters. The van der Waals surface area contributed by atoms with E-state index in [2.05, 4.69) is 9.88 Å². The highest BCUT2D eigenvalue weighted by molar-refractivity contribution is 7.23. The fourth-order valence-electron chi connectivity index (χ4n) is 3.73. The first-order valence-corrected chi connectivity index (χ1v) is 12.4. The lowest BCUT2D eigenvalue weighted by atomic mass is 10.3. The Balaban J connectivity index is 1.49. The molecule has 0 bridgehead atoms. The molecule has 0 saturated carbocycles. The van der Waals surface area contributed by atoms with Gasteiger partial charge in [0.05, 0.1) is 34.7 Å². The number of nitrogens with zero attached hydrogens (tertiary/aromatic N) is 4. The van der Waals surface area contributed by atoms with Crippen molar-refractivity contribution in [2.45, 2.75) is 6.92 Å². The van der Waals surface area contributed by atoms with E-state index in [1.54, 1.807) is 4.90 Å². The normalized spacial score (nSPS) is 14.8. The highest BCUT2D eigenvalue weighted by atomic mass is 32.1. The number of morpholine rings is 1. The zero-order valence-corrected chi connectivity index (χ0v) is 19.5. The van der Waals surface area contributed by atoms with Gasteiger partial charge < -0.3 is 9.47 Å². The van der Waals surface area contributed by atoms with E-state index in [0.29, 0.717) is 23.3 Å². The maximum Gasteiger partial charge on any atom is 0.289 e. The van der Waals surface area contributed by atoms with Crippen LogP contribution < -0.4 is 9.64 Å². The molecule has 5 rings (SSSR count). The number of hydrogen-bond acceptors (Lipinski definition) is 8. The molecule has 1 saturated heterocycles. The molecule has 0 spiro atoms. The lowest BCUT2D eigenvalue weighted by molar-refractivity contribution is 0.0391. The molecule has 1 aliphatic rings. The van der Waals surface area contributed by atoms with Gasteiger partial charge in [-0.1, -0.05) is 29.5 Å². The van der Waals surface area contributed by atoms with E-state index in [1.165, 1.54) is 22.7 Å².